The van der Waals surface area contributed by atoms with Crippen molar-refractivity contribution >= 4 is 33.8 Å². The predicted octanol–water partition coefficient (Wildman–Crippen LogP) is 4.42. The van der Waals surface area contributed by atoms with Crippen LogP contribution in [0.1, 0.15) is 33.6 Å². The van der Waals surface area contributed by atoms with Gasteiger partial charge in [0.1, 0.15) is 5.60 Å². The molecule has 0 atom stereocenters. The summed E-state index contributed by atoms with van der Waals surface area (Å²) >= 11 is 3.50. The second kappa shape index (κ2) is 8.08. The molecule has 0 N–H and O–H groups in total. The van der Waals surface area contributed by atoms with E-state index < -0.39 is 11.7 Å². The Morgan fingerprint density at radius 2 is 1.80 bits per heavy atom. The number of halogens is 1. The third kappa shape index (κ3) is 5.11. The molecule has 1 aromatic rings. The van der Waals surface area contributed by atoms with E-state index in [4.69, 9.17) is 9.47 Å². The van der Waals surface area contributed by atoms with Crippen LogP contribution in [0.15, 0.2) is 28.7 Å². The second-order valence-electron chi connectivity index (χ2n) is 6.99. The molecule has 2 rings (SSSR count). The summed E-state index contributed by atoms with van der Waals surface area (Å²) in [7, 11) is 1.38. The van der Waals surface area contributed by atoms with Crippen molar-refractivity contribution in [2.75, 3.05) is 25.1 Å². The van der Waals surface area contributed by atoms with E-state index in [0.717, 1.165) is 10.2 Å². The minimum Gasteiger partial charge on any atom is -0.452 e. The molecule has 25 heavy (non-hydrogen) atoms. The van der Waals surface area contributed by atoms with Crippen LogP contribution < -0.4 is 4.90 Å². The van der Waals surface area contributed by atoms with Crippen molar-refractivity contribution in [1.29, 1.82) is 0 Å². The number of benzene rings is 1. The molecule has 6 nitrogen and oxygen atoms in total. The summed E-state index contributed by atoms with van der Waals surface area (Å²) in [5.74, 6) is 0. The lowest BCUT2D eigenvalue weighted by Gasteiger charge is -2.38. The SMILES string of the molecule is COC(=O)N(c1ccccc1Br)C1CCN(C(=O)OC(C)(C)C)CC1. The first-order valence-electron chi connectivity index (χ1n) is 8.32. The zero-order valence-corrected chi connectivity index (χ0v) is 16.7. The van der Waals surface area contributed by atoms with E-state index in [1.54, 1.807) is 9.80 Å². The number of carbonyl (C=O) groups excluding carboxylic acids is 2. The Morgan fingerprint density at radius 1 is 1.20 bits per heavy atom. The van der Waals surface area contributed by atoms with Gasteiger partial charge in [-0.3, -0.25) is 4.90 Å². The van der Waals surface area contributed by atoms with Crippen LogP contribution in [0.3, 0.4) is 0 Å². The first-order valence-corrected chi connectivity index (χ1v) is 9.12. The summed E-state index contributed by atoms with van der Waals surface area (Å²) in [5.41, 5.74) is 0.256. The molecule has 0 aromatic heterocycles. The Labute approximate surface area is 157 Å². The van der Waals surface area contributed by atoms with Gasteiger partial charge < -0.3 is 14.4 Å². The van der Waals surface area contributed by atoms with Crippen molar-refractivity contribution in [1.82, 2.24) is 4.90 Å². The number of piperidine rings is 1. The van der Waals surface area contributed by atoms with Gasteiger partial charge in [0.2, 0.25) is 0 Å². The van der Waals surface area contributed by atoms with Crippen LogP contribution in [0.2, 0.25) is 0 Å². The Morgan fingerprint density at radius 3 is 2.32 bits per heavy atom. The summed E-state index contributed by atoms with van der Waals surface area (Å²) < 4.78 is 11.2. The van der Waals surface area contributed by atoms with Crippen molar-refractivity contribution in [2.24, 2.45) is 0 Å². The third-order valence-corrected chi connectivity index (χ3v) is 4.64. The molecule has 1 heterocycles. The van der Waals surface area contributed by atoms with Crippen molar-refractivity contribution in [3.63, 3.8) is 0 Å². The number of anilines is 1. The van der Waals surface area contributed by atoms with E-state index in [1.165, 1.54) is 7.11 Å². The number of carbonyl (C=O) groups is 2. The maximum atomic E-state index is 12.3. The van der Waals surface area contributed by atoms with Gasteiger partial charge in [0.15, 0.2) is 0 Å². The topological polar surface area (TPSA) is 59.1 Å². The summed E-state index contributed by atoms with van der Waals surface area (Å²) in [4.78, 5) is 27.9. The summed E-state index contributed by atoms with van der Waals surface area (Å²) in [6.45, 7) is 6.63. The lowest BCUT2D eigenvalue weighted by atomic mass is 10.0. The maximum Gasteiger partial charge on any atom is 0.414 e. The molecule has 1 aromatic carbocycles. The zero-order chi connectivity index (χ0) is 18.6. The lowest BCUT2D eigenvalue weighted by molar-refractivity contribution is 0.0205. The number of likely N-dealkylation sites (tertiary alicyclic amines) is 1. The number of hydrogen-bond donors (Lipinski definition) is 0. The number of para-hydroxylation sites is 1. The minimum atomic E-state index is -0.513. The third-order valence-electron chi connectivity index (χ3n) is 3.96. The molecule has 2 amide bonds. The molecule has 0 unspecified atom stereocenters. The molecule has 138 valence electrons. The van der Waals surface area contributed by atoms with Gasteiger partial charge in [-0.05, 0) is 61.7 Å². The van der Waals surface area contributed by atoms with Crippen LogP contribution in [-0.2, 0) is 9.47 Å². The molecule has 1 aliphatic rings. The van der Waals surface area contributed by atoms with Gasteiger partial charge in [-0.15, -0.1) is 0 Å². The lowest BCUT2D eigenvalue weighted by Crippen LogP contribution is -2.50. The number of methoxy groups -OCH3 is 1. The zero-order valence-electron chi connectivity index (χ0n) is 15.1. The van der Waals surface area contributed by atoms with E-state index in [0.29, 0.717) is 25.9 Å². The monoisotopic (exact) mass is 412 g/mol. The molecule has 0 saturated carbocycles. The molecular formula is C18H25BrN2O4. The van der Waals surface area contributed by atoms with E-state index in [1.807, 2.05) is 45.0 Å². The largest absolute Gasteiger partial charge is 0.452 e. The molecular weight excluding hydrogens is 388 g/mol. The van der Waals surface area contributed by atoms with Gasteiger partial charge in [0, 0.05) is 23.6 Å². The highest BCUT2D eigenvalue weighted by atomic mass is 79.9. The van der Waals surface area contributed by atoms with Crippen LogP contribution in [0.25, 0.3) is 0 Å². The average molecular weight is 413 g/mol. The van der Waals surface area contributed by atoms with Crippen LogP contribution in [0.4, 0.5) is 15.3 Å². The fraction of sp³-hybridized carbons (Fsp3) is 0.556. The number of amides is 2. The van der Waals surface area contributed by atoms with Gasteiger partial charge in [-0.25, -0.2) is 9.59 Å². The maximum absolute atomic E-state index is 12.3. The van der Waals surface area contributed by atoms with Gasteiger partial charge in [0.05, 0.1) is 12.8 Å². The Bertz CT molecular complexity index is 622. The number of ether oxygens (including phenoxy) is 2. The van der Waals surface area contributed by atoms with Crippen molar-refractivity contribution in [2.45, 2.75) is 45.3 Å². The first kappa shape index (κ1) is 19.6. The molecule has 0 spiro atoms. The Balaban J connectivity index is 2.09. The smallest absolute Gasteiger partial charge is 0.414 e. The standard InChI is InChI=1S/C18H25BrN2O4/c1-18(2,3)25-16(22)20-11-9-13(10-12-20)21(17(23)24-4)15-8-6-5-7-14(15)19/h5-8,13H,9-12H2,1-4H3. The van der Waals surface area contributed by atoms with Gasteiger partial charge in [0.25, 0.3) is 0 Å². The van der Waals surface area contributed by atoms with E-state index in [9.17, 15) is 9.59 Å². The summed E-state index contributed by atoms with van der Waals surface area (Å²) in [6.07, 6.45) is 0.616. The molecule has 0 radical (unpaired) electrons. The highest BCUT2D eigenvalue weighted by Crippen LogP contribution is 2.31. The van der Waals surface area contributed by atoms with Gasteiger partial charge in [-0.1, -0.05) is 12.1 Å². The van der Waals surface area contributed by atoms with Crippen molar-refractivity contribution in [3.8, 4) is 0 Å². The minimum absolute atomic E-state index is 0.0372. The normalized spacial score (nSPS) is 15.6. The molecule has 0 aliphatic carbocycles. The van der Waals surface area contributed by atoms with E-state index in [-0.39, 0.29) is 12.1 Å². The van der Waals surface area contributed by atoms with Crippen LogP contribution in [0.5, 0.6) is 0 Å². The van der Waals surface area contributed by atoms with Gasteiger partial charge >= 0.3 is 12.2 Å². The number of nitrogens with zero attached hydrogens (tertiary/aromatic N) is 2. The van der Waals surface area contributed by atoms with Crippen LogP contribution in [0, 0.1) is 0 Å². The van der Waals surface area contributed by atoms with E-state index >= 15 is 0 Å². The highest BCUT2D eigenvalue weighted by Gasteiger charge is 2.33. The molecule has 1 aliphatic heterocycles. The molecule has 0 bridgehead atoms. The Kier molecular flexibility index (Phi) is 6.32. The van der Waals surface area contributed by atoms with E-state index in [2.05, 4.69) is 15.9 Å². The molecule has 1 saturated heterocycles. The van der Waals surface area contributed by atoms with Crippen molar-refractivity contribution < 1.29 is 19.1 Å². The first-order chi connectivity index (χ1) is 11.7. The summed E-state index contributed by atoms with van der Waals surface area (Å²) in [6, 6.07) is 7.51. The second-order valence-corrected chi connectivity index (χ2v) is 7.84. The number of hydrogen-bond acceptors (Lipinski definition) is 4. The molecule has 7 heteroatoms. The molecule has 1 fully saturated rings. The fourth-order valence-corrected chi connectivity index (χ4v) is 3.30. The Hall–Kier alpha value is -1.76. The fourth-order valence-electron chi connectivity index (χ4n) is 2.82. The van der Waals surface area contributed by atoms with Crippen LogP contribution >= 0.6 is 15.9 Å². The number of rotatable bonds is 2. The highest BCUT2D eigenvalue weighted by molar-refractivity contribution is 9.10. The quantitative estimate of drug-likeness (QED) is 0.720. The average Bonchev–Trinajstić information content (AvgIpc) is 2.55. The van der Waals surface area contributed by atoms with Crippen LogP contribution in [-0.4, -0.2) is 48.9 Å². The van der Waals surface area contributed by atoms with Gasteiger partial charge in [-0.2, -0.15) is 0 Å². The summed E-state index contributed by atoms with van der Waals surface area (Å²) in [5, 5.41) is 0. The van der Waals surface area contributed by atoms with Crippen molar-refractivity contribution in [3.05, 3.63) is 28.7 Å². The predicted molar refractivity (Wildman–Crippen MR) is 99.9 cm³/mol.